The number of aromatic hydroxyl groups is 1. The second-order valence-corrected chi connectivity index (χ2v) is 5.99. The highest BCUT2D eigenvalue weighted by atomic mass is 16.5. The van der Waals surface area contributed by atoms with E-state index in [0.29, 0.717) is 18.4 Å². The van der Waals surface area contributed by atoms with Crippen LogP contribution in [0.3, 0.4) is 0 Å². The first-order valence-corrected chi connectivity index (χ1v) is 8.43. The molecule has 0 saturated heterocycles. The summed E-state index contributed by atoms with van der Waals surface area (Å²) in [5, 5.41) is 10.2. The fourth-order valence-corrected chi connectivity index (χ4v) is 3.15. The summed E-state index contributed by atoms with van der Waals surface area (Å²) in [5.74, 6) is 1.12. The van der Waals surface area contributed by atoms with Crippen molar-refractivity contribution in [2.75, 3.05) is 13.2 Å². The monoisotopic (exact) mass is 291 g/mol. The van der Waals surface area contributed by atoms with Crippen LogP contribution in [0.1, 0.15) is 57.9 Å². The third-order valence-electron chi connectivity index (χ3n) is 4.40. The van der Waals surface area contributed by atoms with E-state index in [1.165, 1.54) is 32.1 Å². The summed E-state index contributed by atoms with van der Waals surface area (Å²) in [7, 11) is 0. The number of ether oxygens (including phenoxy) is 1. The standard InChI is InChI=1S/C18H29NO2/c1-3-12-21-17-11-10-15(18(20)13-17)14-19(4-2)16-8-6-5-7-9-16/h10-11,13,16,20H,3-9,12,14H2,1-2H3. The van der Waals surface area contributed by atoms with E-state index >= 15 is 0 Å². The van der Waals surface area contributed by atoms with Crippen molar-refractivity contribution < 1.29 is 9.84 Å². The van der Waals surface area contributed by atoms with Crippen LogP contribution in [0.2, 0.25) is 0 Å². The number of phenols is 1. The lowest BCUT2D eigenvalue weighted by Gasteiger charge is -2.33. The first kappa shape index (κ1) is 16.2. The normalized spacial score (nSPS) is 16.3. The number of phenolic OH excluding ortho intramolecular Hbond substituents is 1. The lowest BCUT2D eigenvalue weighted by Crippen LogP contribution is -2.36. The first-order chi connectivity index (χ1) is 10.2. The molecule has 1 saturated carbocycles. The minimum Gasteiger partial charge on any atom is -0.507 e. The molecule has 1 aliphatic rings. The molecule has 118 valence electrons. The van der Waals surface area contributed by atoms with E-state index in [1.54, 1.807) is 6.07 Å². The molecular weight excluding hydrogens is 262 g/mol. The van der Waals surface area contributed by atoms with E-state index in [9.17, 15) is 5.11 Å². The summed E-state index contributed by atoms with van der Waals surface area (Å²) >= 11 is 0. The van der Waals surface area contributed by atoms with Gasteiger partial charge in [-0.2, -0.15) is 0 Å². The van der Waals surface area contributed by atoms with Gasteiger partial charge >= 0.3 is 0 Å². The van der Waals surface area contributed by atoms with Gasteiger partial charge in [0.15, 0.2) is 0 Å². The zero-order valence-electron chi connectivity index (χ0n) is 13.5. The Balaban J connectivity index is 1.99. The summed E-state index contributed by atoms with van der Waals surface area (Å²) in [6.45, 7) is 6.86. The minimum atomic E-state index is 0.359. The van der Waals surface area contributed by atoms with Crippen LogP contribution in [0, 0.1) is 0 Å². The van der Waals surface area contributed by atoms with E-state index in [1.807, 2.05) is 12.1 Å². The molecule has 0 aromatic heterocycles. The van der Waals surface area contributed by atoms with Gasteiger partial charge in [-0.05, 0) is 31.9 Å². The molecule has 0 bridgehead atoms. The number of hydrogen-bond acceptors (Lipinski definition) is 3. The van der Waals surface area contributed by atoms with E-state index in [4.69, 9.17) is 4.74 Å². The predicted molar refractivity (Wildman–Crippen MR) is 86.8 cm³/mol. The van der Waals surface area contributed by atoms with E-state index < -0.39 is 0 Å². The SMILES string of the molecule is CCCOc1ccc(CN(CC)C2CCCCC2)c(O)c1. The highest BCUT2D eigenvalue weighted by Crippen LogP contribution is 2.28. The topological polar surface area (TPSA) is 32.7 Å². The van der Waals surface area contributed by atoms with Crippen LogP contribution in [0.4, 0.5) is 0 Å². The average molecular weight is 291 g/mol. The molecule has 21 heavy (non-hydrogen) atoms. The fourth-order valence-electron chi connectivity index (χ4n) is 3.15. The summed E-state index contributed by atoms with van der Waals surface area (Å²) < 4.78 is 5.57. The number of hydrogen-bond donors (Lipinski definition) is 1. The van der Waals surface area contributed by atoms with E-state index in [-0.39, 0.29) is 0 Å². The molecule has 3 nitrogen and oxygen atoms in total. The van der Waals surface area contributed by atoms with Crippen LogP contribution in [0.15, 0.2) is 18.2 Å². The molecule has 0 atom stereocenters. The Bertz CT molecular complexity index is 427. The largest absolute Gasteiger partial charge is 0.507 e. The predicted octanol–water partition coefficient (Wildman–Crippen LogP) is 4.34. The highest BCUT2D eigenvalue weighted by molar-refractivity contribution is 5.39. The Labute approximate surface area is 128 Å². The molecule has 3 heteroatoms. The van der Waals surface area contributed by atoms with Crippen molar-refractivity contribution in [2.24, 2.45) is 0 Å². The van der Waals surface area contributed by atoms with Crippen molar-refractivity contribution in [1.29, 1.82) is 0 Å². The van der Waals surface area contributed by atoms with Crippen LogP contribution in [0.25, 0.3) is 0 Å². The van der Waals surface area contributed by atoms with Crippen LogP contribution in [-0.2, 0) is 6.54 Å². The lowest BCUT2D eigenvalue weighted by molar-refractivity contribution is 0.154. The van der Waals surface area contributed by atoms with Gasteiger partial charge in [0.2, 0.25) is 0 Å². The van der Waals surface area contributed by atoms with E-state index in [2.05, 4.69) is 18.7 Å². The molecule has 0 amide bonds. The zero-order valence-corrected chi connectivity index (χ0v) is 13.5. The molecular formula is C18H29NO2. The third kappa shape index (κ3) is 4.63. The Morgan fingerprint density at radius 1 is 1.19 bits per heavy atom. The lowest BCUT2D eigenvalue weighted by atomic mass is 9.94. The molecule has 0 heterocycles. The highest BCUT2D eigenvalue weighted by Gasteiger charge is 2.20. The number of nitrogens with zero attached hydrogens (tertiary/aromatic N) is 1. The molecule has 2 rings (SSSR count). The van der Waals surface area contributed by atoms with Gasteiger partial charge in [-0.3, -0.25) is 4.90 Å². The Morgan fingerprint density at radius 2 is 1.95 bits per heavy atom. The van der Waals surface area contributed by atoms with E-state index in [0.717, 1.165) is 30.8 Å². The molecule has 1 aromatic carbocycles. The zero-order chi connectivity index (χ0) is 15.1. The van der Waals surface area contributed by atoms with Gasteiger partial charge < -0.3 is 9.84 Å². The van der Waals surface area contributed by atoms with Crippen molar-refractivity contribution in [3.05, 3.63) is 23.8 Å². The van der Waals surface area contributed by atoms with Gasteiger partial charge in [0, 0.05) is 24.2 Å². The first-order valence-electron chi connectivity index (χ1n) is 8.43. The Hall–Kier alpha value is -1.22. The quantitative estimate of drug-likeness (QED) is 0.811. The number of benzene rings is 1. The van der Waals surface area contributed by atoms with Gasteiger partial charge in [0.1, 0.15) is 11.5 Å². The second kappa shape index (κ2) is 8.28. The molecule has 0 radical (unpaired) electrons. The van der Waals surface area contributed by atoms with Gasteiger partial charge in [0.05, 0.1) is 6.61 Å². The van der Waals surface area contributed by atoms with Crippen molar-refractivity contribution in [2.45, 2.75) is 65.0 Å². The maximum Gasteiger partial charge on any atom is 0.123 e. The number of rotatable bonds is 7. The van der Waals surface area contributed by atoms with Gasteiger partial charge in [-0.1, -0.05) is 39.2 Å². The molecule has 1 aliphatic carbocycles. The minimum absolute atomic E-state index is 0.359. The van der Waals surface area contributed by atoms with Gasteiger partial charge in [-0.15, -0.1) is 0 Å². The van der Waals surface area contributed by atoms with Crippen molar-refractivity contribution in [3.8, 4) is 11.5 Å². The van der Waals surface area contributed by atoms with Crippen molar-refractivity contribution >= 4 is 0 Å². The van der Waals surface area contributed by atoms with Crippen molar-refractivity contribution in [1.82, 2.24) is 4.90 Å². The fraction of sp³-hybridized carbons (Fsp3) is 0.667. The second-order valence-electron chi connectivity index (χ2n) is 5.99. The molecule has 1 fully saturated rings. The van der Waals surface area contributed by atoms with Crippen molar-refractivity contribution in [3.63, 3.8) is 0 Å². The molecule has 1 N–H and O–H groups in total. The van der Waals surface area contributed by atoms with Gasteiger partial charge in [0.25, 0.3) is 0 Å². The van der Waals surface area contributed by atoms with Crippen LogP contribution in [-0.4, -0.2) is 29.2 Å². The van der Waals surface area contributed by atoms with Gasteiger partial charge in [-0.25, -0.2) is 0 Å². The molecule has 0 unspecified atom stereocenters. The third-order valence-corrected chi connectivity index (χ3v) is 4.40. The smallest absolute Gasteiger partial charge is 0.123 e. The average Bonchev–Trinajstić information content (AvgIpc) is 2.53. The molecule has 0 spiro atoms. The van der Waals surface area contributed by atoms with Crippen LogP contribution < -0.4 is 4.74 Å². The maximum atomic E-state index is 10.2. The van der Waals surface area contributed by atoms with Crippen LogP contribution >= 0.6 is 0 Å². The summed E-state index contributed by atoms with van der Waals surface area (Å²) in [4.78, 5) is 2.50. The molecule has 1 aromatic rings. The Morgan fingerprint density at radius 3 is 2.57 bits per heavy atom. The maximum absolute atomic E-state index is 10.2. The summed E-state index contributed by atoms with van der Waals surface area (Å²) in [5.41, 5.74) is 1.01. The summed E-state index contributed by atoms with van der Waals surface area (Å²) in [6.07, 6.45) is 7.64. The Kier molecular flexibility index (Phi) is 6.37. The molecule has 0 aliphatic heterocycles. The summed E-state index contributed by atoms with van der Waals surface area (Å²) in [6, 6.07) is 6.41. The van der Waals surface area contributed by atoms with Crippen LogP contribution in [0.5, 0.6) is 11.5 Å².